The first-order chi connectivity index (χ1) is 19.0. The molecule has 2 aromatic rings. The molecule has 7 nitrogen and oxygen atoms in total. The van der Waals surface area contributed by atoms with E-state index in [1.807, 2.05) is 24.3 Å². The molecule has 1 aliphatic heterocycles. The maximum atomic E-state index is 12.6. The van der Waals surface area contributed by atoms with Crippen LogP contribution in [0.15, 0.2) is 30.5 Å². The second kappa shape index (κ2) is 10.5. The van der Waals surface area contributed by atoms with Gasteiger partial charge in [-0.3, -0.25) is 9.78 Å². The number of anilines is 1. The second-order valence-corrected chi connectivity index (χ2v) is 13.3. The largest absolute Gasteiger partial charge is 0.384 e. The number of hydrogen-bond donors (Lipinski definition) is 2. The molecule has 210 valence electrons. The van der Waals surface area contributed by atoms with Crippen LogP contribution >= 0.6 is 11.6 Å². The molecule has 1 saturated heterocycles. The molecule has 6 fully saturated rings. The Kier molecular flexibility index (Phi) is 6.98. The molecule has 6 aliphatic rings. The number of halogens is 1. The smallest absolute Gasteiger partial charge is 0.220 e. The van der Waals surface area contributed by atoms with Gasteiger partial charge in [-0.05, 0) is 99.8 Å². The third-order valence-electron chi connectivity index (χ3n) is 10.2. The Morgan fingerprint density at radius 3 is 2.49 bits per heavy atom. The predicted molar refractivity (Wildman–Crippen MR) is 150 cm³/mol. The summed E-state index contributed by atoms with van der Waals surface area (Å²) in [6.07, 6.45) is 14.2. The molecular weight excluding hydrogens is 514 g/mol. The molecule has 1 aromatic carbocycles. The normalized spacial score (nSPS) is 36.7. The van der Waals surface area contributed by atoms with Gasteiger partial charge in [-0.15, -0.1) is 0 Å². The molecule has 8 heteroatoms. The number of nitrogens with one attached hydrogen (secondary N) is 2. The fourth-order valence-corrected chi connectivity index (χ4v) is 8.59. The highest BCUT2D eigenvalue weighted by Crippen LogP contribution is 2.63. The van der Waals surface area contributed by atoms with Gasteiger partial charge in [0.1, 0.15) is 0 Å². The van der Waals surface area contributed by atoms with Crippen LogP contribution in [-0.2, 0) is 19.3 Å². The summed E-state index contributed by atoms with van der Waals surface area (Å²) < 4.78 is 6.81. The average molecular weight is 554 g/mol. The van der Waals surface area contributed by atoms with Gasteiger partial charge in [0.25, 0.3) is 0 Å². The number of rotatable bonds is 8. The standard InChI is InChI=1S/C31H40ClN3O4/c32-25-3-4-26-27(7-12-34-28(26)19-25)33-10-1-2-11-35-29(36)18-20-5-8-30(9-6-20)37-31(39-38-30)23-14-21-13-22(16-23)17-24(31)15-21/h3-4,7,12,19-24H,1-2,5-6,8-11,13-18H2,(H,33,34)(H,35,36). The van der Waals surface area contributed by atoms with Gasteiger partial charge in [0.2, 0.25) is 17.5 Å². The van der Waals surface area contributed by atoms with Crippen LogP contribution in [0.4, 0.5) is 5.69 Å². The van der Waals surface area contributed by atoms with E-state index in [0.29, 0.717) is 35.7 Å². The van der Waals surface area contributed by atoms with Crippen molar-refractivity contribution in [1.82, 2.24) is 10.3 Å². The Balaban J connectivity index is 0.814. The third kappa shape index (κ3) is 5.05. The monoisotopic (exact) mass is 553 g/mol. The number of fused-ring (bicyclic) bond motifs is 1. The number of unbranched alkanes of at least 4 members (excludes halogenated alkanes) is 1. The van der Waals surface area contributed by atoms with Crippen LogP contribution in [0.5, 0.6) is 0 Å². The highest BCUT2D eigenvalue weighted by molar-refractivity contribution is 6.31. The minimum absolute atomic E-state index is 0.155. The molecule has 39 heavy (non-hydrogen) atoms. The van der Waals surface area contributed by atoms with Crippen LogP contribution in [0.25, 0.3) is 10.9 Å². The lowest BCUT2D eigenvalue weighted by molar-refractivity contribution is -0.390. The Morgan fingerprint density at radius 1 is 0.974 bits per heavy atom. The number of ether oxygens (including phenoxy) is 1. The van der Waals surface area contributed by atoms with Crippen LogP contribution in [0.3, 0.4) is 0 Å². The van der Waals surface area contributed by atoms with E-state index in [1.165, 1.54) is 32.1 Å². The zero-order chi connectivity index (χ0) is 26.5. The number of carbonyl (C=O) groups is 1. The van der Waals surface area contributed by atoms with Crippen LogP contribution in [0.1, 0.15) is 77.0 Å². The average Bonchev–Trinajstić information content (AvgIpc) is 3.30. The summed E-state index contributed by atoms with van der Waals surface area (Å²) >= 11 is 6.09. The van der Waals surface area contributed by atoms with Gasteiger partial charge in [-0.25, -0.2) is 0 Å². The minimum atomic E-state index is -0.595. The van der Waals surface area contributed by atoms with E-state index in [9.17, 15) is 4.79 Å². The highest BCUT2D eigenvalue weighted by Gasteiger charge is 2.66. The lowest BCUT2D eigenvalue weighted by Gasteiger charge is -2.57. The molecule has 0 radical (unpaired) electrons. The number of hydrogen-bond acceptors (Lipinski definition) is 6. The Labute approximate surface area is 235 Å². The van der Waals surface area contributed by atoms with Crippen LogP contribution in [0.2, 0.25) is 5.02 Å². The van der Waals surface area contributed by atoms with Gasteiger partial charge in [0.15, 0.2) is 0 Å². The lowest BCUT2D eigenvalue weighted by atomic mass is 9.53. The first-order valence-corrected chi connectivity index (χ1v) is 15.5. The van der Waals surface area contributed by atoms with Crippen molar-refractivity contribution < 1.29 is 19.3 Å². The van der Waals surface area contributed by atoms with Crippen molar-refractivity contribution in [3.8, 4) is 0 Å². The molecule has 2 N–H and O–H groups in total. The lowest BCUT2D eigenvalue weighted by Crippen LogP contribution is -2.59. The van der Waals surface area contributed by atoms with E-state index in [2.05, 4.69) is 15.6 Å². The number of nitrogens with zero attached hydrogens (tertiary/aromatic N) is 1. The van der Waals surface area contributed by atoms with E-state index < -0.39 is 11.6 Å². The maximum Gasteiger partial charge on any atom is 0.220 e. The number of benzene rings is 1. The molecule has 4 bridgehead atoms. The SMILES string of the molecule is O=C(CC1CCC2(CC1)OOC1(O2)C2CC3CC(C2)CC1C3)NCCCCNc1ccnc2cc(Cl)ccc12. The minimum Gasteiger partial charge on any atom is -0.384 e. The van der Waals surface area contributed by atoms with E-state index in [0.717, 1.165) is 73.5 Å². The Morgan fingerprint density at radius 2 is 1.72 bits per heavy atom. The summed E-state index contributed by atoms with van der Waals surface area (Å²) in [6.45, 7) is 1.55. The number of pyridine rings is 1. The summed E-state index contributed by atoms with van der Waals surface area (Å²) in [5, 5.41) is 8.38. The zero-order valence-corrected chi connectivity index (χ0v) is 23.4. The summed E-state index contributed by atoms with van der Waals surface area (Å²) in [6, 6.07) is 7.76. The fraction of sp³-hybridized carbons (Fsp3) is 0.677. The van der Waals surface area contributed by atoms with Crippen molar-refractivity contribution in [2.24, 2.45) is 29.6 Å². The molecule has 1 amide bonds. The summed E-state index contributed by atoms with van der Waals surface area (Å²) in [4.78, 5) is 29.2. The van der Waals surface area contributed by atoms with Gasteiger partial charge in [-0.1, -0.05) is 11.6 Å². The number of aromatic nitrogens is 1. The third-order valence-corrected chi connectivity index (χ3v) is 10.5. The van der Waals surface area contributed by atoms with E-state index in [4.69, 9.17) is 26.1 Å². The van der Waals surface area contributed by atoms with E-state index >= 15 is 0 Å². The summed E-state index contributed by atoms with van der Waals surface area (Å²) in [5.74, 6) is 2.18. The first kappa shape index (κ1) is 26.0. The van der Waals surface area contributed by atoms with Gasteiger partial charge in [0.05, 0.1) is 5.52 Å². The van der Waals surface area contributed by atoms with Crippen LogP contribution < -0.4 is 10.6 Å². The second-order valence-electron chi connectivity index (χ2n) is 12.9. The van der Waals surface area contributed by atoms with Crippen molar-refractivity contribution in [2.45, 2.75) is 88.6 Å². The van der Waals surface area contributed by atoms with Crippen LogP contribution in [0, 0.1) is 29.6 Å². The van der Waals surface area contributed by atoms with Gasteiger partial charge < -0.3 is 15.4 Å². The fourth-order valence-electron chi connectivity index (χ4n) is 8.43. The molecule has 0 unspecified atom stereocenters. The molecule has 1 aromatic heterocycles. The quantitative estimate of drug-likeness (QED) is 0.283. The Bertz CT molecular complexity index is 1190. The van der Waals surface area contributed by atoms with Gasteiger partial charge in [0, 0.05) is 66.5 Å². The summed E-state index contributed by atoms with van der Waals surface area (Å²) in [5.41, 5.74) is 1.95. The van der Waals surface area contributed by atoms with Gasteiger partial charge in [-0.2, -0.15) is 9.78 Å². The molecule has 2 heterocycles. The first-order valence-electron chi connectivity index (χ1n) is 15.1. The highest BCUT2D eigenvalue weighted by atomic mass is 35.5. The van der Waals surface area contributed by atoms with Gasteiger partial charge >= 0.3 is 0 Å². The molecule has 0 atom stereocenters. The van der Waals surface area contributed by atoms with Crippen LogP contribution in [-0.4, -0.2) is 35.6 Å². The summed E-state index contributed by atoms with van der Waals surface area (Å²) in [7, 11) is 0. The number of amides is 1. The van der Waals surface area contributed by atoms with E-state index in [-0.39, 0.29) is 5.91 Å². The molecular formula is C31H40ClN3O4. The van der Waals surface area contributed by atoms with Crippen molar-refractivity contribution >= 4 is 34.1 Å². The van der Waals surface area contributed by atoms with Crippen molar-refractivity contribution in [1.29, 1.82) is 0 Å². The topological polar surface area (TPSA) is 81.7 Å². The molecule has 2 spiro atoms. The van der Waals surface area contributed by atoms with Crippen molar-refractivity contribution in [3.05, 3.63) is 35.5 Å². The zero-order valence-electron chi connectivity index (χ0n) is 22.6. The predicted octanol–water partition coefficient (Wildman–Crippen LogP) is 6.60. The number of carbonyl (C=O) groups excluding carboxylic acids is 1. The maximum absolute atomic E-state index is 12.6. The molecule has 5 aliphatic carbocycles. The Hall–Kier alpha value is -1.93. The van der Waals surface area contributed by atoms with E-state index in [1.54, 1.807) is 6.20 Å². The molecule has 8 rings (SSSR count). The van der Waals surface area contributed by atoms with Crippen molar-refractivity contribution in [3.63, 3.8) is 0 Å². The van der Waals surface area contributed by atoms with Crippen molar-refractivity contribution in [2.75, 3.05) is 18.4 Å². The molecule has 5 saturated carbocycles.